The van der Waals surface area contributed by atoms with Crippen LogP contribution in [0, 0.1) is 0 Å². The van der Waals surface area contributed by atoms with Gasteiger partial charge in [-0.3, -0.25) is 4.79 Å². The van der Waals surface area contributed by atoms with Gasteiger partial charge < -0.3 is 19.5 Å². The molecule has 0 aliphatic carbocycles. The molecule has 0 spiro atoms. The summed E-state index contributed by atoms with van der Waals surface area (Å²) in [6, 6.07) is 7.69. The largest absolute Gasteiger partial charge is 0.490 e. The summed E-state index contributed by atoms with van der Waals surface area (Å²) in [6.45, 7) is 4.04. The van der Waals surface area contributed by atoms with Gasteiger partial charge in [0.1, 0.15) is 12.7 Å². The molecule has 1 amide bonds. The van der Waals surface area contributed by atoms with Gasteiger partial charge >= 0.3 is 0 Å². The minimum atomic E-state index is 0.282. The molecule has 5 heteroatoms. The zero-order valence-electron chi connectivity index (χ0n) is 10.7. The number of nitrogens with one attached hydrogen (secondary N) is 1. The molecule has 0 saturated carbocycles. The van der Waals surface area contributed by atoms with Crippen LogP contribution in [0.15, 0.2) is 24.3 Å². The quantitative estimate of drug-likeness (QED) is 0.612. The number of hydrogen-bond donors (Lipinski definition) is 1. The van der Waals surface area contributed by atoms with Gasteiger partial charge in [0.05, 0.1) is 13.2 Å². The third-order valence-corrected chi connectivity index (χ3v) is 2.09. The van der Waals surface area contributed by atoms with E-state index >= 15 is 0 Å². The fourth-order valence-corrected chi connectivity index (χ4v) is 1.19. The fraction of sp³-hybridized carbons (Fsp3) is 0.462. The first-order valence-corrected chi connectivity index (χ1v) is 5.89. The van der Waals surface area contributed by atoms with Crippen LogP contribution in [-0.4, -0.2) is 39.4 Å². The standard InChI is InChI=1S/C11H14O3.C2H5NO/c1-2-12-10-5-3-4-6-11(10)14-8-9-7-13-9;1-3-2-4/h3-6,9H,2,7-8H2,1H3;2H,1H3,(H,3,4). The van der Waals surface area contributed by atoms with E-state index in [1.54, 1.807) is 7.05 Å². The molecule has 1 aromatic rings. The van der Waals surface area contributed by atoms with Crippen molar-refractivity contribution in [2.24, 2.45) is 0 Å². The van der Waals surface area contributed by atoms with Gasteiger partial charge in [-0.25, -0.2) is 0 Å². The molecule has 1 aromatic carbocycles. The molecule has 1 atom stereocenters. The maximum atomic E-state index is 9.06. The highest BCUT2D eigenvalue weighted by Crippen LogP contribution is 2.27. The maximum Gasteiger partial charge on any atom is 0.206 e. The summed E-state index contributed by atoms with van der Waals surface area (Å²) in [7, 11) is 1.56. The number of amides is 1. The second kappa shape index (κ2) is 8.36. The first-order chi connectivity index (χ1) is 8.81. The number of hydrogen-bond acceptors (Lipinski definition) is 4. The van der Waals surface area contributed by atoms with Crippen molar-refractivity contribution in [2.75, 3.05) is 26.9 Å². The second-order valence-corrected chi connectivity index (χ2v) is 3.55. The van der Waals surface area contributed by atoms with Crippen molar-refractivity contribution in [3.05, 3.63) is 24.3 Å². The zero-order valence-corrected chi connectivity index (χ0v) is 10.7. The Morgan fingerprint density at radius 1 is 1.39 bits per heavy atom. The summed E-state index contributed by atoms with van der Waals surface area (Å²) >= 11 is 0. The molecular formula is C13H19NO4. The third kappa shape index (κ3) is 5.54. The molecule has 1 N–H and O–H groups in total. The lowest BCUT2D eigenvalue weighted by molar-refractivity contribution is -0.109. The maximum absolute atomic E-state index is 9.06. The highest BCUT2D eigenvalue weighted by molar-refractivity contribution is 5.44. The lowest BCUT2D eigenvalue weighted by Gasteiger charge is -2.10. The van der Waals surface area contributed by atoms with Crippen LogP contribution in [0.25, 0.3) is 0 Å². The fourth-order valence-electron chi connectivity index (χ4n) is 1.19. The van der Waals surface area contributed by atoms with Crippen LogP contribution < -0.4 is 14.8 Å². The van der Waals surface area contributed by atoms with E-state index in [-0.39, 0.29) is 6.10 Å². The van der Waals surface area contributed by atoms with E-state index in [0.29, 0.717) is 19.6 Å². The van der Waals surface area contributed by atoms with Gasteiger partial charge in [0.25, 0.3) is 0 Å². The van der Waals surface area contributed by atoms with Gasteiger partial charge in [-0.05, 0) is 19.1 Å². The molecule has 0 bridgehead atoms. The lowest BCUT2D eigenvalue weighted by atomic mass is 10.3. The van der Waals surface area contributed by atoms with Crippen molar-refractivity contribution in [1.82, 2.24) is 5.32 Å². The second-order valence-electron chi connectivity index (χ2n) is 3.55. The summed E-state index contributed by atoms with van der Waals surface area (Å²) in [5.41, 5.74) is 0. The van der Waals surface area contributed by atoms with E-state index in [4.69, 9.17) is 19.0 Å². The minimum Gasteiger partial charge on any atom is -0.490 e. The van der Waals surface area contributed by atoms with Crippen LogP contribution >= 0.6 is 0 Å². The molecule has 0 aromatic heterocycles. The van der Waals surface area contributed by atoms with Gasteiger partial charge in [0.15, 0.2) is 11.5 Å². The van der Waals surface area contributed by atoms with E-state index in [9.17, 15) is 0 Å². The van der Waals surface area contributed by atoms with Crippen LogP contribution in [0.2, 0.25) is 0 Å². The van der Waals surface area contributed by atoms with Gasteiger partial charge in [-0.15, -0.1) is 0 Å². The molecule has 1 heterocycles. The van der Waals surface area contributed by atoms with E-state index in [2.05, 4.69) is 5.32 Å². The Hall–Kier alpha value is -1.75. The first kappa shape index (κ1) is 14.3. The molecule has 100 valence electrons. The average molecular weight is 253 g/mol. The number of carbonyl (C=O) groups is 1. The topological polar surface area (TPSA) is 60.1 Å². The number of para-hydroxylation sites is 2. The number of carbonyl (C=O) groups excluding carboxylic acids is 1. The Bertz CT molecular complexity index is 353. The summed E-state index contributed by atoms with van der Waals surface area (Å²) in [5, 5.41) is 2.25. The van der Waals surface area contributed by atoms with Crippen LogP contribution in [0.1, 0.15) is 6.92 Å². The third-order valence-electron chi connectivity index (χ3n) is 2.09. The number of ether oxygens (including phenoxy) is 3. The van der Waals surface area contributed by atoms with Crippen molar-refractivity contribution in [2.45, 2.75) is 13.0 Å². The monoisotopic (exact) mass is 253 g/mol. The van der Waals surface area contributed by atoms with Crippen LogP contribution in [0.3, 0.4) is 0 Å². The number of rotatable bonds is 6. The SMILES string of the molecule is CCOc1ccccc1OCC1CO1.CNC=O. The Morgan fingerprint density at radius 3 is 2.39 bits per heavy atom. The molecule has 1 aliphatic rings. The summed E-state index contributed by atoms with van der Waals surface area (Å²) in [6.07, 6.45) is 0.907. The molecule has 1 fully saturated rings. The average Bonchev–Trinajstić information content (AvgIpc) is 3.22. The Balaban J connectivity index is 0.000000357. The van der Waals surface area contributed by atoms with E-state index in [1.165, 1.54) is 0 Å². The van der Waals surface area contributed by atoms with Crippen molar-refractivity contribution in [3.8, 4) is 11.5 Å². The molecule has 1 aliphatic heterocycles. The molecule has 5 nitrogen and oxygen atoms in total. The van der Waals surface area contributed by atoms with Crippen molar-refractivity contribution in [3.63, 3.8) is 0 Å². The summed E-state index contributed by atoms with van der Waals surface area (Å²) < 4.78 is 16.1. The van der Waals surface area contributed by atoms with E-state index in [1.807, 2.05) is 31.2 Å². The molecule has 18 heavy (non-hydrogen) atoms. The predicted molar refractivity (Wildman–Crippen MR) is 68.0 cm³/mol. The predicted octanol–water partition coefficient (Wildman–Crippen LogP) is 1.23. The Morgan fingerprint density at radius 2 is 1.94 bits per heavy atom. The van der Waals surface area contributed by atoms with Gasteiger partial charge in [0, 0.05) is 7.05 Å². The molecule has 2 rings (SSSR count). The van der Waals surface area contributed by atoms with Gasteiger partial charge in [-0.2, -0.15) is 0 Å². The summed E-state index contributed by atoms with van der Waals surface area (Å²) in [5.74, 6) is 1.60. The molecule has 1 unspecified atom stereocenters. The van der Waals surface area contributed by atoms with Crippen molar-refractivity contribution in [1.29, 1.82) is 0 Å². The smallest absolute Gasteiger partial charge is 0.206 e. The van der Waals surface area contributed by atoms with Crippen LogP contribution in [0.4, 0.5) is 0 Å². The number of benzene rings is 1. The lowest BCUT2D eigenvalue weighted by Crippen LogP contribution is -2.05. The highest BCUT2D eigenvalue weighted by Gasteiger charge is 2.23. The van der Waals surface area contributed by atoms with Crippen molar-refractivity contribution < 1.29 is 19.0 Å². The Labute approximate surface area is 107 Å². The van der Waals surface area contributed by atoms with Gasteiger partial charge in [-0.1, -0.05) is 12.1 Å². The van der Waals surface area contributed by atoms with E-state index < -0.39 is 0 Å². The van der Waals surface area contributed by atoms with E-state index in [0.717, 1.165) is 18.1 Å². The zero-order chi connectivity index (χ0) is 13.2. The highest BCUT2D eigenvalue weighted by atomic mass is 16.6. The molecular weight excluding hydrogens is 234 g/mol. The van der Waals surface area contributed by atoms with Crippen LogP contribution in [-0.2, 0) is 9.53 Å². The van der Waals surface area contributed by atoms with Crippen molar-refractivity contribution >= 4 is 6.41 Å². The minimum absolute atomic E-state index is 0.282. The van der Waals surface area contributed by atoms with Gasteiger partial charge in [0.2, 0.25) is 6.41 Å². The normalized spacial score (nSPS) is 16.0. The van der Waals surface area contributed by atoms with Crippen LogP contribution in [0.5, 0.6) is 11.5 Å². The Kier molecular flexibility index (Phi) is 6.64. The molecule has 0 radical (unpaired) electrons. The first-order valence-electron chi connectivity index (χ1n) is 5.89. The number of epoxide rings is 1. The summed E-state index contributed by atoms with van der Waals surface area (Å²) in [4.78, 5) is 9.06. The molecule has 1 saturated heterocycles.